The molecule has 2 heterocycles. The van der Waals surface area contributed by atoms with Crippen LogP contribution in [0.15, 0.2) is 60.2 Å². The third-order valence-corrected chi connectivity index (χ3v) is 4.89. The topological polar surface area (TPSA) is 67.2 Å². The second-order valence-electron chi connectivity index (χ2n) is 5.83. The van der Waals surface area contributed by atoms with E-state index in [1.807, 2.05) is 46.6 Å². The summed E-state index contributed by atoms with van der Waals surface area (Å²) in [4.78, 5) is 13.1. The molecule has 0 aliphatic rings. The number of amides is 1. The molecule has 2 N–H and O–H groups in total. The molecular formula is C18H19N3O2S. The van der Waals surface area contributed by atoms with E-state index in [0.29, 0.717) is 12.1 Å². The van der Waals surface area contributed by atoms with Gasteiger partial charge >= 0.3 is 0 Å². The number of rotatable bonds is 6. The minimum absolute atomic E-state index is 0.168. The van der Waals surface area contributed by atoms with Gasteiger partial charge in [0.15, 0.2) is 0 Å². The molecule has 6 heteroatoms. The van der Waals surface area contributed by atoms with Crippen LogP contribution >= 0.6 is 11.3 Å². The lowest BCUT2D eigenvalue weighted by Gasteiger charge is -2.22. The highest BCUT2D eigenvalue weighted by Gasteiger charge is 2.25. The molecule has 0 bridgehead atoms. The summed E-state index contributed by atoms with van der Waals surface area (Å²) in [5.74, 6) is -0.197. The van der Waals surface area contributed by atoms with E-state index < -0.39 is 5.60 Å². The fourth-order valence-corrected chi connectivity index (χ4v) is 3.16. The van der Waals surface area contributed by atoms with Gasteiger partial charge in [-0.3, -0.25) is 9.48 Å². The van der Waals surface area contributed by atoms with Gasteiger partial charge in [0, 0.05) is 22.8 Å². The Morgan fingerprint density at radius 3 is 2.71 bits per heavy atom. The third kappa shape index (κ3) is 3.90. The predicted molar refractivity (Wildman–Crippen MR) is 94.0 cm³/mol. The monoisotopic (exact) mass is 341 g/mol. The molecule has 3 aromatic rings. The molecule has 3 rings (SSSR count). The zero-order valence-corrected chi connectivity index (χ0v) is 14.2. The molecule has 0 radical (unpaired) electrons. The first-order chi connectivity index (χ1) is 11.5. The highest BCUT2D eigenvalue weighted by atomic mass is 32.1. The second kappa shape index (κ2) is 6.98. The van der Waals surface area contributed by atoms with Gasteiger partial charge in [-0.05, 0) is 42.1 Å². The van der Waals surface area contributed by atoms with Crippen molar-refractivity contribution < 1.29 is 9.90 Å². The number of nitrogens with zero attached hydrogens (tertiary/aromatic N) is 2. The predicted octanol–water partition coefficient (Wildman–Crippen LogP) is 2.63. The molecule has 124 valence electrons. The molecule has 0 aliphatic carbocycles. The molecule has 0 saturated heterocycles. The van der Waals surface area contributed by atoms with Crippen molar-refractivity contribution in [3.63, 3.8) is 0 Å². The zero-order valence-electron chi connectivity index (χ0n) is 13.3. The maximum atomic E-state index is 12.3. The highest BCUT2D eigenvalue weighted by Crippen LogP contribution is 2.24. The Labute approximate surface area is 144 Å². The van der Waals surface area contributed by atoms with Crippen LogP contribution in [-0.2, 0) is 12.1 Å². The number of carbonyl (C=O) groups excluding carboxylic acids is 1. The minimum Gasteiger partial charge on any atom is -0.383 e. The normalized spacial score (nSPS) is 13.4. The first-order valence-corrected chi connectivity index (χ1v) is 8.53. The summed E-state index contributed by atoms with van der Waals surface area (Å²) in [6.45, 7) is 2.54. The fraction of sp³-hybridized carbons (Fsp3) is 0.222. The van der Waals surface area contributed by atoms with Crippen molar-refractivity contribution in [2.75, 3.05) is 6.54 Å². The molecule has 2 aromatic heterocycles. The van der Waals surface area contributed by atoms with E-state index in [1.165, 1.54) is 11.3 Å². The van der Waals surface area contributed by atoms with Crippen LogP contribution < -0.4 is 5.32 Å². The molecule has 1 atom stereocenters. The van der Waals surface area contributed by atoms with Crippen LogP contribution in [0.4, 0.5) is 0 Å². The van der Waals surface area contributed by atoms with Gasteiger partial charge in [0.05, 0.1) is 13.1 Å². The van der Waals surface area contributed by atoms with Crippen LogP contribution in [-0.4, -0.2) is 27.3 Å². The lowest BCUT2D eigenvalue weighted by molar-refractivity contribution is 0.0557. The number of benzene rings is 1. The molecule has 0 aliphatic heterocycles. The second-order valence-corrected chi connectivity index (χ2v) is 6.78. The third-order valence-electron chi connectivity index (χ3n) is 3.77. The van der Waals surface area contributed by atoms with E-state index in [1.54, 1.807) is 25.3 Å². The number of aromatic nitrogens is 2. The van der Waals surface area contributed by atoms with E-state index in [2.05, 4.69) is 10.4 Å². The van der Waals surface area contributed by atoms with Crippen LogP contribution in [0, 0.1) is 0 Å². The lowest BCUT2D eigenvalue weighted by Crippen LogP contribution is -2.38. The first kappa shape index (κ1) is 16.4. The van der Waals surface area contributed by atoms with Gasteiger partial charge in [-0.1, -0.05) is 18.2 Å². The number of hydrogen-bond donors (Lipinski definition) is 2. The Balaban J connectivity index is 1.59. The number of carbonyl (C=O) groups is 1. The average Bonchev–Trinajstić information content (AvgIpc) is 3.27. The Bertz CT molecular complexity index is 778. The van der Waals surface area contributed by atoms with Gasteiger partial charge in [-0.15, -0.1) is 11.3 Å². The van der Waals surface area contributed by atoms with Crippen molar-refractivity contribution in [3.8, 4) is 0 Å². The van der Waals surface area contributed by atoms with Crippen molar-refractivity contribution in [2.45, 2.75) is 19.1 Å². The number of aliphatic hydroxyl groups is 1. The molecular weight excluding hydrogens is 322 g/mol. The Hall–Kier alpha value is -2.44. The van der Waals surface area contributed by atoms with Crippen molar-refractivity contribution in [3.05, 3.63) is 76.2 Å². The molecule has 1 amide bonds. The molecule has 5 nitrogen and oxygen atoms in total. The summed E-state index contributed by atoms with van der Waals surface area (Å²) < 4.78 is 1.83. The smallest absolute Gasteiger partial charge is 0.251 e. The van der Waals surface area contributed by atoms with E-state index in [-0.39, 0.29) is 12.5 Å². The number of hydrogen-bond acceptors (Lipinski definition) is 4. The summed E-state index contributed by atoms with van der Waals surface area (Å²) in [6, 6.07) is 13.0. The Morgan fingerprint density at radius 2 is 2.08 bits per heavy atom. The van der Waals surface area contributed by atoms with Gasteiger partial charge in [0.25, 0.3) is 5.91 Å². The van der Waals surface area contributed by atoms with Crippen LogP contribution in [0.25, 0.3) is 0 Å². The summed E-state index contributed by atoms with van der Waals surface area (Å²) >= 11 is 1.47. The van der Waals surface area contributed by atoms with Gasteiger partial charge in [0.2, 0.25) is 0 Å². The Morgan fingerprint density at radius 1 is 1.29 bits per heavy atom. The zero-order chi connectivity index (χ0) is 17.0. The molecule has 0 saturated carbocycles. The summed E-state index contributed by atoms with van der Waals surface area (Å²) in [7, 11) is 0. The van der Waals surface area contributed by atoms with Gasteiger partial charge in [-0.25, -0.2) is 0 Å². The fourth-order valence-electron chi connectivity index (χ4n) is 2.37. The molecule has 1 aromatic carbocycles. The minimum atomic E-state index is -1.07. The molecule has 1 unspecified atom stereocenters. The average molecular weight is 341 g/mol. The molecule has 0 fully saturated rings. The SMILES string of the molecule is CC(O)(CNC(=O)c1ccc(Cn2cccn2)cc1)c1cccs1. The number of thiophene rings is 1. The summed E-state index contributed by atoms with van der Waals surface area (Å²) in [5, 5.41) is 19.3. The van der Waals surface area contributed by atoms with E-state index in [4.69, 9.17) is 0 Å². The standard InChI is InChI=1S/C18H19N3O2S/c1-18(23,16-4-2-11-24-16)13-19-17(22)15-7-5-14(6-8-15)12-21-10-3-9-20-21/h2-11,23H,12-13H2,1H3,(H,19,22). The summed E-state index contributed by atoms with van der Waals surface area (Å²) in [5.41, 5.74) is 0.575. The van der Waals surface area contributed by atoms with Crippen LogP contribution in [0.1, 0.15) is 27.7 Å². The van der Waals surface area contributed by atoms with Crippen molar-refractivity contribution in [1.29, 1.82) is 0 Å². The van der Waals surface area contributed by atoms with Crippen LogP contribution in [0.5, 0.6) is 0 Å². The van der Waals surface area contributed by atoms with Crippen LogP contribution in [0.3, 0.4) is 0 Å². The van der Waals surface area contributed by atoms with E-state index in [0.717, 1.165) is 10.4 Å². The molecule has 24 heavy (non-hydrogen) atoms. The van der Waals surface area contributed by atoms with Gasteiger partial charge < -0.3 is 10.4 Å². The first-order valence-electron chi connectivity index (χ1n) is 7.65. The van der Waals surface area contributed by atoms with Crippen LogP contribution in [0.2, 0.25) is 0 Å². The highest BCUT2D eigenvalue weighted by molar-refractivity contribution is 7.10. The van der Waals surface area contributed by atoms with Gasteiger partial charge in [0.1, 0.15) is 5.60 Å². The Kier molecular flexibility index (Phi) is 4.78. The summed E-state index contributed by atoms with van der Waals surface area (Å²) in [6.07, 6.45) is 3.63. The van der Waals surface area contributed by atoms with Crippen molar-refractivity contribution in [2.24, 2.45) is 0 Å². The van der Waals surface area contributed by atoms with E-state index >= 15 is 0 Å². The van der Waals surface area contributed by atoms with Gasteiger partial charge in [-0.2, -0.15) is 5.10 Å². The largest absolute Gasteiger partial charge is 0.383 e. The van der Waals surface area contributed by atoms with E-state index in [9.17, 15) is 9.90 Å². The number of nitrogens with one attached hydrogen (secondary N) is 1. The van der Waals surface area contributed by atoms with Crippen molar-refractivity contribution >= 4 is 17.2 Å². The quantitative estimate of drug-likeness (QED) is 0.724. The lowest BCUT2D eigenvalue weighted by atomic mass is 10.0. The maximum Gasteiger partial charge on any atom is 0.251 e. The van der Waals surface area contributed by atoms with Crippen molar-refractivity contribution in [1.82, 2.24) is 15.1 Å². The maximum absolute atomic E-state index is 12.3. The molecule has 0 spiro atoms.